The second-order valence-electron chi connectivity index (χ2n) is 8.21. The average Bonchev–Trinajstić information content (AvgIpc) is 3.06. The molecule has 0 unspecified atom stereocenters. The van der Waals surface area contributed by atoms with E-state index in [1.807, 2.05) is 37.3 Å². The molecule has 0 bridgehead atoms. The Morgan fingerprint density at radius 3 is 2.34 bits per heavy atom. The summed E-state index contributed by atoms with van der Waals surface area (Å²) in [6.45, 7) is 5.78. The second-order valence-corrected chi connectivity index (χ2v) is 9.96. The summed E-state index contributed by atoms with van der Waals surface area (Å²) < 4.78 is 30.5. The molecular weight excluding hydrogens is 424 g/mol. The highest BCUT2D eigenvalue weighted by atomic mass is 32.2. The molecule has 4 rings (SSSR count). The summed E-state index contributed by atoms with van der Waals surface area (Å²) in [5.41, 5.74) is 5.09. The number of hydrogen-bond acceptors (Lipinski definition) is 4. The van der Waals surface area contributed by atoms with Crippen LogP contribution in [0.4, 0.5) is 5.69 Å². The number of hydrogen-bond donors (Lipinski definition) is 1. The van der Waals surface area contributed by atoms with Crippen molar-refractivity contribution in [3.8, 4) is 11.1 Å². The van der Waals surface area contributed by atoms with Gasteiger partial charge in [0.05, 0.1) is 23.5 Å². The van der Waals surface area contributed by atoms with Crippen molar-refractivity contribution in [3.05, 3.63) is 82.0 Å². The average molecular weight is 451 g/mol. The van der Waals surface area contributed by atoms with Crippen molar-refractivity contribution in [2.75, 3.05) is 11.0 Å². The van der Waals surface area contributed by atoms with Crippen molar-refractivity contribution in [2.45, 2.75) is 26.8 Å². The highest BCUT2D eigenvalue weighted by Crippen LogP contribution is 2.34. The van der Waals surface area contributed by atoms with E-state index in [4.69, 9.17) is 4.98 Å². The SMILES string of the molecule is Cc1cc(-c2cc(NS(C)(=O)=O)c3nc(C)n([C@H](C)c4ccccc4)c3c2)cn(C)c1=O. The Hall–Kier alpha value is -3.39. The van der Waals surface area contributed by atoms with Gasteiger partial charge in [-0.25, -0.2) is 13.4 Å². The first-order valence-electron chi connectivity index (χ1n) is 10.3. The maximum Gasteiger partial charge on any atom is 0.253 e. The van der Waals surface area contributed by atoms with Gasteiger partial charge in [0.15, 0.2) is 0 Å². The first-order valence-corrected chi connectivity index (χ1v) is 12.2. The molecule has 0 radical (unpaired) electrons. The van der Waals surface area contributed by atoms with Crippen LogP contribution >= 0.6 is 0 Å². The van der Waals surface area contributed by atoms with Gasteiger partial charge in [-0.05, 0) is 55.7 Å². The number of pyridine rings is 1. The van der Waals surface area contributed by atoms with Crippen molar-refractivity contribution >= 4 is 26.7 Å². The molecule has 7 nitrogen and oxygen atoms in total. The zero-order chi connectivity index (χ0) is 23.2. The molecule has 0 amide bonds. The van der Waals surface area contributed by atoms with Gasteiger partial charge >= 0.3 is 0 Å². The van der Waals surface area contributed by atoms with Crippen LogP contribution in [0.15, 0.2) is 59.5 Å². The van der Waals surface area contributed by atoms with Crippen LogP contribution in [-0.4, -0.2) is 28.8 Å². The molecule has 2 aromatic carbocycles. The lowest BCUT2D eigenvalue weighted by Crippen LogP contribution is -2.18. The summed E-state index contributed by atoms with van der Waals surface area (Å²) in [7, 11) is -1.81. The van der Waals surface area contributed by atoms with E-state index >= 15 is 0 Å². The number of aromatic nitrogens is 3. The van der Waals surface area contributed by atoms with Crippen LogP contribution in [0.3, 0.4) is 0 Å². The van der Waals surface area contributed by atoms with Crippen molar-refractivity contribution in [3.63, 3.8) is 0 Å². The summed E-state index contributed by atoms with van der Waals surface area (Å²) in [5, 5.41) is 0. The lowest BCUT2D eigenvalue weighted by atomic mass is 10.0. The van der Waals surface area contributed by atoms with E-state index in [-0.39, 0.29) is 11.6 Å². The van der Waals surface area contributed by atoms with Gasteiger partial charge in [-0.15, -0.1) is 0 Å². The third kappa shape index (κ3) is 4.05. The molecule has 1 atom stereocenters. The zero-order valence-electron chi connectivity index (χ0n) is 18.7. The van der Waals surface area contributed by atoms with Gasteiger partial charge in [-0.3, -0.25) is 9.52 Å². The molecule has 0 aliphatic heterocycles. The highest BCUT2D eigenvalue weighted by molar-refractivity contribution is 7.92. The Kier molecular flexibility index (Phi) is 5.42. The number of imidazole rings is 1. The van der Waals surface area contributed by atoms with E-state index in [2.05, 4.69) is 28.3 Å². The fourth-order valence-electron chi connectivity index (χ4n) is 4.16. The molecule has 4 aromatic rings. The fourth-order valence-corrected chi connectivity index (χ4v) is 4.71. The Morgan fingerprint density at radius 2 is 1.72 bits per heavy atom. The van der Waals surface area contributed by atoms with Gasteiger partial charge in [0.25, 0.3) is 5.56 Å². The number of aryl methyl sites for hydroxylation is 3. The first kappa shape index (κ1) is 21.8. The molecule has 1 N–H and O–H groups in total. The van der Waals surface area contributed by atoms with Crippen molar-refractivity contribution in [1.82, 2.24) is 14.1 Å². The number of sulfonamides is 1. The predicted octanol–water partition coefficient (Wildman–Crippen LogP) is 4.00. The Morgan fingerprint density at radius 1 is 1.03 bits per heavy atom. The minimum atomic E-state index is -3.52. The molecular formula is C24H26N4O3S. The topological polar surface area (TPSA) is 86.0 Å². The molecule has 0 fully saturated rings. The van der Waals surface area contributed by atoms with Crippen LogP contribution < -0.4 is 10.3 Å². The summed E-state index contributed by atoms with van der Waals surface area (Å²) in [4.78, 5) is 16.9. The molecule has 8 heteroatoms. The molecule has 0 saturated carbocycles. The van der Waals surface area contributed by atoms with Crippen LogP contribution in [0.1, 0.15) is 29.9 Å². The van der Waals surface area contributed by atoms with E-state index in [9.17, 15) is 13.2 Å². The molecule has 2 heterocycles. The number of nitrogens with zero attached hydrogens (tertiary/aromatic N) is 3. The van der Waals surface area contributed by atoms with E-state index in [0.717, 1.165) is 34.3 Å². The maximum absolute atomic E-state index is 12.2. The summed E-state index contributed by atoms with van der Waals surface area (Å²) in [6.07, 6.45) is 2.88. The summed E-state index contributed by atoms with van der Waals surface area (Å²) in [6, 6.07) is 15.7. The van der Waals surface area contributed by atoms with Gasteiger partial charge in [-0.2, -0.15) is 0 Å². The van der Waals surface area contributed by atoms with E-state index in [1.165, 1.54) is 4.57 Å². The van der Waals surface area contributed by atoms with Crippen molar-refractivity contribution < 1.29 is 8.42 Å². The van der Waals surface area contributed by atoms with E-state index in [0.29, 0.717) is 16.8 Å². The van der Waals surface area contributed by atoms with Gasteiger partial charge in [-0.1, -0.05) is 30.3 Å². The molecule has 32 heavy (non-hydrogen) atoms. The third-order valence-electron chi connectivity index (χ3n) is 5.63. The van der Waals surface area contributed by atoms with Gasteiger partial charge in [0, 0.05) is 18.8 Å². The lowest BCUT2D eigenvalue weighted by molar-refractivity contribution is 0.607. The fraction of sp³-hybridized carbons (Fsp3) is 0.250. The smallest absolute Gasteiger partial charge is 0.253 e. The normalized spacial score (nSPS) is 12.8. The molecule has 2 aromatic heterocycles. The largest absolute Gasteiger partial charge is 0.321 e. The molecule has 166 valence electrons. The number of benzene rings is 2. The van der Waals surface area contributed by atoms with E-state index < -0.39 is 10.0 Å². The monoisotopic (exact) mass is 450 g/mol. The molecule has 0 spiro atoms. The Balaban J connectivity index is 2.02. The van der Waals surface area contributed by atoms with Gasteiger partial charge < -0.3 is 9.13 Å². The van der Waals surface area contributed by atoms with Crippen LogP contribution in [0.25, 0.3) is 22.2 Å². The number of anilines is 1. The van der Waals surface area contributed by atoms with Crippen molar-refractivity contribution in [2.24, 2.45) is 7.05 Å². The van der Waals surface area contributed by atoms with Crippen LogP contribution in [0.2, 0.25) is 0 Å². The number of rotatable bonds is 5. The third-order valence-corrected chi connectivity index (χ3v) is 6.22. The molecule has 0 aliphatic rings. The highest BCUT2D eigenvalue weighted by Gasteiger charge is 2.20. The van der Waals surface area contributed by atoms with Crippen LogP contribution in [0, 0.1) is 13.8 Å². The number of fused-ring (bicyclic) bond motifs is 1. The first-order chi connectivity index (χ1) is 15.0. The minimum Gasteiger partial charge on any atom is -0.321 e. The van der Waals surface area contributed by atoms with Crippen LogP contribution in [0.5, 0.6) is 0 Å². The standard InChI is InChI=1S/C24H26N4O3S/c1-15-11-20(14-27(4)24(15)29)19-12-21(26-32(5,30)31)23-22(13-19)28(17(3)25-23)16(2)18-9-7-6-8-10-18/h6-14,16,26H,1-5H3/t16-/m1/s1. The lowest BCUT2D eigenvalue weighted by Gasteiger charge is -2.18. The van der Waals surface area contributed by atoms with Crippen LogP contribution in [-0.2, 0) is 17.1 Å². The molecule has 0 saturated heterocycles. The van der Waals surface area contributed by atoms with Gasteiger partial charge in [0.2, 0.25) is 10.0 Å². The predicted molar refractivity (Wildman–Crippen MR) is 129 cm³/mol. The zero-order valence-corrected chi connectivity index (χ0v) is 19.6. The summed E-state index contributed by atoms with van der Waals surface area (Å²) in [5.74, 6) is 0.779. The van der Waals surface area contributed by atoms with Gasteiger partial charge in [0.1, 0.15) is 11.3 Å². The molecule has 0 aliphatic carbocycles. The van der Waals surface area contributed by atoms with E-state index in [1.54, 1.807) is 26.2 Å². The maximum atomic E-state index is 12.2. The summed E-state index contributed by atoms with van der Waals surface area (Å²) >= 11 is 0. The minimum absolute atomic E-state index is 0.00982. The van der Waals surface area contributed by atoms with Crippen molar-refractivity contribution in [1.29, 1.82) is 0 Å². The Bertz CT molecular complexity index is 1460. The second kappa shape index (κ2) is 7.94. The Labute approximate surface area is 187 Å². The number of nitrogens with one attached hydrogen (secondary N) is 1. The quantitative estimate of drug-likeness (QED) is 0.498.